The van der Waals surface area contributed by atoms with Crippen molar-refractivity contribution in [2.45, 2.75) is 25.8 Å². The van der Waals surface area contributed by atoms with E-state index in [1.165, 1.54) is 0 Å². The first-order chi connectivity index (χ1) is 11.7. The number of likely N-dealkylation sites (tertiary alicyclic amines) is 1. The molecule has 0 aromatic heterocycles. The van der Waals surface area contributed by atoms with Crippen LogP contribution in [0.25, 0.3) is 0 Å². The summed E-state index contributed by atoms with van der Waals surface area (Å²) < 4.78 is 31.0. The molecule has 1 N–H and O–H groups in total. The summed E-state index contributed by atoms with van der Waals surface area (Å²) in [6.45, 7) is 5.87. The summed E-state index contributed by atoms with van der Waals surface area (Å²) >= 11 is 12.0. The summed E-state index contributed by atoms with van der Waals surface area (Å²) in [5, 5.41) is 1.77. The first kappa shape index (κ1) is 20.0. The third kappa shape index (κ3) is 5.60. The largest absolute Gasteiger partial charge is 0.482 e. The molecule has 0 saturated carbocycles. The van der Waals surface area contributed by atoms with E-state index >= 15 is 0 Å². The molecule has 25 heavy (non-hydrogen) atoms. The van der Waals surface area contributed by atoms with Crippen molar-refractivity contribution < 1.29 is 17.9 Å². The molecule has 1 saturated heterocycles. The molecule has 0 bridgehead atoms. The van der Waals surface area contributed by atoms with E-state index < -0.39 is 10.0 Å². The summed E-state index contributed by atoms with van der Waals surface area (Å²) in [5.41, 5.74) is 0.809. The number of halogens is 2. The van der Waals surface area contributed by atoms with Crippen LogP contribution in [0.5, 0.6) is 5.75 Å². The Bertz CT molecular complexity index is 760. The maximum atomic E-state index is 12.3. The van der Waals surface area contributed by atoms with Crippen LogP contribution in [0.4, 0.5) is 0 Å². The highest BCUT2D eigenvalue weighted by molar-refractivity contribution is 7.92. The molecular formula is C16H20Cl2N2O4S. The minimum atomic E-state index is -3.46. The molecule has 0 spiro atoms. The maximum Gasteiger partial charge on any atom is 0.260 e. The number of aryl methyl sites for hydroxylation is 1. The average Bonchev–Trinajstić information content (AvgIpc) is 2.57. The number of amides is 1. The average molecular weight is 407 g/mol. The van der Waals surface area contributed by atoms with E-state index in [0.29, 0.717) is 41.7 Å². The number of benzene rings is 1. The quantitative estimate of drug-likeness (QED) is 0.787. The van der Waals surface area contributed by atoms with Crippen molar-refractivity contribution in [1.29, 1.82) is 0 Å². The standard InChI is InChI=1S/C16H20Cl2N2O4S/c1-3-25(22,23)19-12-4-6-20(7-5-12)16(21)10-24-15-8-11(2)13(17)9-14(15)18/h3,8-9,12,19H,1,4-7,10H2,2H3. The fraction of sp³-hybridized carbons (Fsp3) is 0.438. The number of sulfonamides is 1. The van der Waals surface area contributed by atoms with Gasteiger partial charge in [0.1, 0.15) is 5.75 Å². The smallest absolute Gasteiger partial charge is 0.260 e. The van der Waals surface area contributed by atoms with Crippen LogP contribution in [0.3, 0.4) is 0 Å². The third-order valence-corrected chi connectivity index (χ3v) is 5.77. The first-order valence-corrected chi connectivity index (χ1v) is 10.0. The van der Waals surface area contributed by atoms with Gasteiger partial charge >= 0.3 is 0 Å². The highest BCUT2D eigenvalue weighted by Crippen LogP contribution is 2.30. The SMILES string of the molecule is C=CS(=O)(=O)NC1CCN(C(=O)COc2cc(C)c(Cl)cc2Cl)CC1. The number of hydrogen-bond donors (Lipinski definition) is 1. The van der Waals surface area contributed by atoms with Crippen molar-refractivity contribution in [2.75, 3.05) is 19.7 Å². The van der Waals surface area contributed by atoms with Gasteiger partial charge in [0, 0.05) is 29.6 Å². The topological polar surface area (TPSA) is 75.7 Å². The van der Waals surface area contributed by atoms with E-state index in [0.717, 1.165) is 11.0 Å². The second kappa shape index (κ2) is 8.40. The van der Waals surface area contributed by atoms with Crippen LogP contribution < -0.4 is 9.46 Å². The lowest BCUT2D eigenvalue weighted by molar-refractivity contribution is -0.134. The Labute approximate surface area is 157 Å². The predicted octanol–water partition coefficient (Wildman–Crippen LogP) is 2.73. The van der Waals surface area contributed by atoms with Gasteiger partial charge in [0.25, 0.3) is 5.91 Å². The summed E-state index contributed by atoms with van der Waals surface area (Å²) in [6, 6.07) is 3.07. The van der Waals surface area contributed by atoms with E-state index in [1.807, 2.05) is 6.92 Å². The zero-order valence-corrected chi connectivity index (χ0v) is 16.1. The van der Waals surface area contributed by atoms with Gasteiger partial charge in [-0.3, -0.25) is 4.79 Å². The van der Waals surface area contributed by atoms with E-state index in [2.05, 4.69) is 11.3 Å². The number of nitrogens with one attached hydrogen (secondary N) is 1. The summed E-state index contributed by atoms with van der Waals surface area (Å²) in [7, 11) is -3.46. The number of carbonyl (C=O) groups excluding carboxylic acids is 1. The lowest BCUT2D eigenvalue weighted by Gasteiger charge is -2.32. The summed E-state index contributed by atoms with van der Waals surface area (Å²) in [5.74, 6) is 0.235. The van der Waals surface area contributed by atoms with Crippen LogP contribution in [0.1, 0.15) is 18.4 Å². The van der Waals surface area contributed by atoms with Crippen LogP contribution in [0.15, 0.2) is 24.1 Å². The number of rotatable bonds is 6. The van der Waals surface area contributed by atoms with Gasteiger partial charge in [-0.05, 0) is 37.5 Å². The number of hydrogen-bond acceptors (Lipinski definition) is 4. The molecule has 1 aromatic carbocycles. The molecule has 6 nitrogen and oxygen atoms in total. The molecular weight excluding hydrogens is 387 g/mol. The highest BCUT2D eigenvalue weighted by Gasteiger charge is 2.25. The van der Waals surface area contributed by atoms with E-state index in [4.69, 9.17) is 27.9 Å². The Morgan fingerprint density at radius 2 is 2.00 bits per heavy atom. The number of piperidine rings is 1. The van der Waals surface area contributed by atoms with Crippen molar-refractivity contribution in [3.8, 4) is 5.75 Å². The molecule has 0 aliphatic carbocycles. The predicted molar refractivity (Wildman–Crippen MR) is 98.5 cm³/mol. The van der Waals surface area contributed by atoms with Crippen LogP contribution in [-0.2, 0) is 14.8 Å². The first-order valence-electron chi connectivity index (χ1n) is 7.73. The minimum absolute atomic E-state index is 0.135. The number of carbonyl (C=O) groups is 1. The number of ether oxygens (including phenoxy) is 1. The minimum Gasteiger partial charge on any atom is -0.482 e. The molecule has 0 unspecified atom stereocenters. The normalized spacial score (nSPS) is 15.9. The van der Waals surface area contributed by atoms with Crippen LogP contribution in [0, 0.1) is 6.92 Å². The third-order valence-electron chi connectivity index (χ3n) is 3.96. The second-order valence-electron chi connectivity index (χ2n) is 5.81. The van der Waals surface area contributed by atoms with Crippen molar-refractivity contribution in [3.63, 3.8) is 0 Å². The van der Waals surface area contributed by atoms with Gasteiger partial charge in [-0.1, -0.05) is 29.8 Å². The molecule has 0 radical (unpaired) electrons. The Morgan fingerprint density at radius 3 is 2.60 bits per heavy atom. The van der Waals surface area contributed by atoms with Crippen LogP contribution in [0.2, 0.25) is 10.0 Å². The highest BCUT2D eigenvalue weighted by atomic mass is 35.5. The fourth-order valence-corrected chi connectivity index (χ4v) is 3.73. The lowest BCUT2D eigenvalue weighted by atomic mass is 10.1. The van der Waals surface area contributed by atoms with Gasteiger partial charge in [0.2, 0.25) is 10.0 Å². The van der Waals surface area contributed by atoms with Gasteiger partial charge < -0.3 is 9.64 Å². The molecule has 1 aromatic rings. The Kier molecular flexibility index (Phi) is 6.73. The van der Waals surface area contributed by atoms with Crippen molar-refractivity contribution in [1.82, 2.24) is 9.62 Å². The van der Waals surface area contributed by atoms with Crippen molar-refractivity contribution >= 4 is 39.1 Å². The molecule has 0 atom stereocenters. The molecule has 1 fully saturated rings. The Hall–Kier alpha value is -1.28. The number of nitrogens with zero attached hydrogens (tertiary/aromatic N) is 1. The maximum absolute atomic E-state index is 12.3. The van der Waals surface area contributed by atoms with Gasteiger partial charge in [-0.15, -0.1) is 0 Å². The zero-order chi connectivity index (χ0) is 18.6. The van der Waals surface area contributed by atoms with Gasteiger partial charge in [-0.25, -0.2) is 13.1 Å². The van der Waals surface area contributed by atoms with Gasteiger partial charge in [0.15, 0.2) is 6.61 Å². The molecule has 9 heteroatoms. The molecule has 1 heterocycles. The van der Waals surface area contributed by atoms with Gasteiger partial charge in [-0.2, -0.15) is 0 Å². The van der Waals surface area contributed by atoms with Crippen LogP contribution >= 0.6 is 23.2 Å². The van der Waals surface area contributed by atoms with Crippen molar-refractivity contribution in [2.24, 2.45) is 0 Å². The Balaban J connectivity index is 1.85. The van der Waals surface area contributed by atoms with E-state index in [-0.39, 0.29) is 18.6 Å². The molecule has 1 aliphatic rings. The van der Waals surface area contributed by atoms with E-state index in [1.54, 1.807) is 17.0 Å². The van der Waals surface area contributed by atoms with Crippen molar-refractivity contribution in [3.05, 3.63) is 39.7 Å². The van der Waals surface area contributed by atoms with Crippen LogP contribution in [-0.4, -0.2) is 45.0 Å². The second-order valence-corrected chi connectivity index (χ2v) is 8.28. The van der Waals surface area contributed by atoms with Gasteiger partial charge in [0.05, 0.1) is 5.02 Å². The fourth-order valence-electron chi connectivity index (χ4n) is 2.50. The summed E-state index contributed by atoms with van der Waals surface area (Å²) in [6.07, 6.45) is 1.08. The summed E-state index contributed by atoms with van der Waals surface area (Å²) in [4.78, 5) is 13.9. The monoisotopic (exact) mass is 406 g/mol. The molecule has 1 amide bonds. The molecule has 1 aliphatic heterocycles. The lowest BCUT2D eigenvalue weighted by Crippen LogP contribution is -2.47. The Morgan fingerprint density at radius 1 is 1.36 bits per heavy atom. The van der Waals surface area contributed by atoms with E-state index in [9.17, 15) is 13.2 Å². The zero-order valence-electron chi connectivity index (χ0n) is 13.8. The molecule has 2 rings (SSSR count). The molecule has 138 valence electrons.